The van der Waals surface area contributed by atoms with Crippen molar-refractivity contribution in [3.05, 3.63) is 46.5 Å². The van der Waals surface area contributed by atoms with E-state index in [-0.39, 0.29) is 11.4 Å². The summed E-state index contributed by atoms with van der Waals surface area (Å²) in [5.41, 5.74) is -1.29. The smallest absolute Gasteiger partial charge is 0.333 e. The van der Waals surface area contributed by atoms with Crippen molar-refractivity contribution in [2.75, 3.05) is 0 Å². The van der Waals surface area contributed by atoms with Crippen LogP contribution in [0.15, 0.2) is 30.9 Å². The molecule has 0 aliphatic carbocycles. The topological polar surface area (TPSA) is 97.1 Å². The van der Waals surface area contributed by atoms with Gasteiger partial charge in [0.2, 0.25) is 5.91 Å². The van der Waals surface area contributed by atoms with Gasteiger partial charge in [0, 0.05) is 6.42 Å². The van der Waals surface area contributed by atoms with E-state index in [4.69, 9.17) is 23.2 Å². The van der Waals surface area contributed by atoms with Gasteiger partial charge in [0.15, 0.2) is 5.54 Å². The molecule has 1 aromatic heterocycles. The Labute approximate surface area is 142 Å². The Balaban J connectivity index is 2.14. The highest BCUT2D eigenvalue weighted by Gasteiger charge is 2.37. The summed E-state index contributed by atoms with van der Waals surface area (Å²) in [7, 11) is 0. The van der Waals surface area contributed by atoms with Crippen LogP contribution in [0.2, 0.25) is 10.0 Å². The van der Waals surface area contributed by atoms with E-state index in [1.54, 1.807) is 0 Å². The number of carboxylic acids is 1. The third-order valence-corrected chi connectivity index (χ3v) is 4.09. The number of aromatic nitrogens is 3. The van der Waals surface area contributed by atoms with E-state index in [0.717, 1.165) is 0 Å². The highest BCUT2D eigenvalue weighted by molar-refractivity contribution is 6.42. The molecule has 23 heavy (non-hydrogen) atoms. The van der Waals surface area contributed by atoms with E-state index in [2.05, 4.69) is 15.4 Å². The van der Waals surface area contributed by atoms with Crippen molar-refractivity contribution in [1.82, 2.24) is 20.1 Å². The molecular formula is C14H14Cl2N4O3. The molecular weight excluding hydrogens is 343 g/mol. The van der Waals surface area contributed by atoms with Gasteiger partial charge < -0.3 is 10.4 Å². The van der Waals surface area contributed by atoms with E-state index in [1.807, 2.05) is 0 Å². The van der Waals surface area contributed by atoms with Crippen LogP contribution in [0.25, 0.3) is 0 Å². The summed E-state index contributed by atoms with van der Waals surface area (Å²) in [4.78, 5) is 27.5. The molecule has 0 aliphatic rings. The first-order chi connectivity index (χ1) is 10.8. The second kappa shape index (κ2) is 6.97. The standard InChI is InChI=1S/C14H14Cl2N4O3/c1-14(13(22)23,9-2-3-10(15)11(16)6-9)19-12(21)4-5-20-8-17-7-18-20/h2-3,6-8H,4-5H2,1H3,(H,19,21)(H,22,23). The van der Waals surface area contributed by atoms with E-state index in [9.17, 15) is 14.7 Å². The fraction of sp³-hybridized carbons (Fsp3) is 0.286. The number of halogens is 2. The first-order valence-corrected chi connectivity index (χ1v) is 7.41. The minimum absolute atomic E-state index is 0.0630. The van der Waals surface area contributed by atoms with Gasteiger partial charge in [-0.3, -0.25) is 9.48 Å². The molecule has 0 bridgehead atoms. The fourth-order valence-corrected chi connectivity index (χ4v) is 2.26. The maximum absolute atomic E-state index is 12.1. The van der Waals surface area contributed by atoms with E-state index >= 15 is 0 Å². The molecule has 1 atom stereocenters. The fourth-order valence-electron chi connectivity index (χ4n) is 1.96. The van der Waals surface area contributed by atoms with Gasteiger partial charge in [0.25, 0.3) is 0 Å². The molecule has 1 aromatic carbocycles. The van der Waals surface area contributed by atoms with Crippen molar-refractivity contribution in [3.8, 4) is 0 Å². The zero-order chi connectivity index (χ0) is 17.0. The number of nitrogens with one attached hydrogen (secondary N) is 1. The Bertz CT molecular complexity index is 721. The first kappa shape index (κ1) is 17.2. The number of hydrogen-bond donors (Lipinski definition) is 2. The van der Waals surface area contributed by atoms with Crippen LogP contribution in [-0.4, -0.2) is 31.7 Å². The lowest BCUT2D eigenvalue weighted by atomic mass is 9.92. The second-order valence-corrected chi connectivity index (χ2v) is 5.83. The van der Waals surface area contributed by atoms with Crippen molar-refractivity contribution in [2.24, 2.45) is 0 Å². The van der Waals surface area contributed by atoms with E-state index in [1.165, 1.54) is 42.5 Å². The monoisotopic (exact) mass is 356 g/mol. The Morgan fingerprint density at radius 3 is 2.65 bits per heavy atom. The van der Waals surface area contributed by atoms with Gasteiger partial charge in [-0.1, -0.05) is 29.3 Å². The molecule has 0 saturated carbocycles. The average molecular weight is 357 g/mol. The van der Waals surface area contributed by atoms with Gasteiger partial charge in [-0.2, -0.15) is 5.10 Å². The largest absolute Gasteiger partial charge is 0.479 e. The first-order valence-electron chi connectivity index (χ1n) is 6.65. The molecule has 0 fully saturated rings. The van der Waals surface area contributed by atoms with Gasteiger partial charge in [-0.15, -0.1) is 0 Å². The maximum Gasteiger partial charge on any atom is 0.333 e. The zero-order valence-corrected chi connectivity index (χ0v) is 13.7. The van der Waals surface area contributed by atoms with Crippen LogP contribution in [0, 0.1) is 0 Å². The summed E-state index contributed by atoms with van der Waals surface area (Å²) in [6.07, 6.45) is 2.89. The third-order valence-electron chi connectivity index (χ3n) is 3.35. The lowest BCUT2D eigenvalue weighted by molar-refractivity contribution is -0.147. The summed E-state index contributed by atoms with van der Waals surface area (Å²) < 4.78 is 1.48. The molecule has 0 saturated heterocycles. The highest BCUT2D eigenvalue weighted by Crippen LogP contribution is 2.29. The van der Waals surface area contributed by atoms with Crippen LogP contribution in [0.1, 0.15) is 18.9 Å². The second-order valence-electron chi connectivity index (χ2n) is 5.02. The number of aryl methyl sites for hydroxylation is 1. The summed E-state index contributed by atoms with van der Waals surface area (Å²) in [6, 6.07) is 4.43. The van der Waals surface area contributed by atoms with Crippen LogP contribution >= 0.6 is 23.2 Å². The molecule has 122 valence electrons. The van der Waals surface area contributed by atoms with Crippen molar-refractivity contribution < 1.29 is 14.7 Å². The number of nitrogens with zero attached hydrogens (tertiary/aromatic N) is 3. The van der Waals surface area contributed by atoms with Gasteiger partial charge in [-0.05, 0) is 24.6 Å². The SMILES string of the molecule is CC(NC(=O)CCn1cncn1)(C(=O)O)c1ccc(Cl)c(Cl)c1. The summed E-state index contributed by atoms with van der Waals surface area (Å²) in [6.45, 7) is 1.69. The number of carbonyl (C=O) groups is 2. The number of amides is 1. The molecule has 0 aliphatic heterocycles. The molecule has 9 heteroatoms. The van der Waals surface area contributed by atoms with E-state index in [0.29, 0.717) is 17.1 Å². The minimum atomic E-state index is -1.62. The molecule has 7 nitrogen and oxygen atoms in total. The van der Waals surface area contributed by atoms with Crippen LogP contribution in [0.3, 0.4) is 0 Å². The Morgan fingerprint density at radius 2 is 2.09 bits per heavy atom. The van der Waals surface area contributed by atoms with Crippen molar-refractivity contribution in [3.63, 3.8) is 0 Å². The van der Waals surface area contributed by atoms with Crippen molar-refractivity contribution in [1.29, 1.82) is 0 Å². The number of carboxylic acid groups (broad SMARTS) is 1. The zero-order valence-electron chi connectivity index (χ0n) is 12.2. The molecule has 2 aromatic rings. The predicted octanol–water partition coefficient (Wildman–Crippen LogP) is 2.09. The van der Waals surface area contributed by atoms with Crippen LogP contribution in [0.5, 0.6) is 0 Å². The lowest BCUT2D eigenvalue weighted by Gasteiger charge is -2.27. The van der Waals surface area contributed by atoms with Gasteiger partial charge >= 0.3 is 5.97 Å². The molecule has 1 unspecified atom stereocenters. The molecule has 2 rings (SSSR count). The number of rotatable bonds is 6. The molecule has 1 amide bonds. The summed E-state index contributed by atoms with van der Waals surface area (Å²) >= 11 is 11.8. The maximum atomic E-state index is 12.1. The summed E-state index contributed by atoms with van der Waals surface area (Å²) in [5, 5.41) is 16.4. The van der Waals surface area contributed by atoms with Crippen molar-refractivity contribution in [2.45, 2.75) is 25.4 Å². The van der Waals surface area contributed by atoms with Gasteiger partial charge in [0.05, 0.1) is 16.6 Å². The van der Waals surface area contributed by atoms with Crippen molar-refractivity contribution >= 4 is 35.1 Å². The molecule has 1 heterocycles. The van der Waals surface area contributed by atoms with E-state index < -0.39 is 17.4 Å². The molecule has 0 radical (unpaired) electrons. The lowest BCUT2D eigenvalue weighted by Crippen LogP contribution is -2.49. The Hall–Kier alpha value is -2.12. The number of hydrogen-bond acceptors (Lipinski definition) is 4. The number of aliphatic carboxylic acids is 1. The van der Waals surface area contributed by atoms with Crippen LogP contribution < -0.4 is 5.32 Å². The van der Waals surface area contributed by atoms with Gasteiger partial charge in [0.1, 0.15) is 12.7 Å². The van der Waals surface area contributed by atoms with Crippen LogP contribution in [0.4, 0.5) is 0 Å². The quantitative estimate of drug-likeness (QED) is 0.825. The predicted molar refractivity (Wildman–Crippen MR) is 84.2 cm³/mol. The number of carbonyl (C=O) groups excluding carboxylic acids is 1. The normalized spacial score (nSPS) is 13.3. The molecule has 2 N–H and O–H groups in total. The average Bonchev–Trinajstić information content (AvgIpc) is 3.01. The number of benzene rings is 1. The third kappa shape index (κ3) is 4.00. The highest BCUT2D eigenvalue weighted by atomic mass is 35.5. The minimum Gasteiger partial charge on any atom is -0.479 e. The Kier molecular flexibility index (Phi) is 5.23. The Morgan fingerprint density at radius 1 is 1.35 bits per heavy atom. The summed E-state index contributed by atoms with van der Waals surface area (Å²) in [5.74, 6) is -1.64. The van der Waals surface area contributed by atoms with Gasteiger partial charge in [-0.25, -0.2) is 9.78 Å². The van der Waals surface area contributed by atoms with Crippen LogP contribution in [-0.2, 0) is 21.7 Å². The molecule has 0 spiro atoms.